The zero-order valence-electron chi connectivity index (χ0n) is 9.81. The van der Waals surface area contributed by atoms with Crippen molar-refractivity contribution in [1.82, 2.24) is 5.32 Å². The standard InChI is InChI=1S/C15H13NO2/c1-2-3-10-16-15(18)13-9-8-11-6-4-5-7-12(11)14(13)17/h1,4-9,17H,3,10H2,(H,16,18). The molecule has 0 heterocycles. The highest BCUT2D eigenvalue weighted by Gasteiger charge is 2.12. The minimum absolute atomic E-state index is 0.00584. The van der Waals surface area contributed by atoms with Crippen LogP contribution in [0.1, 0.15) is 16.8 Å². The van der Waals surface area contributed by atoms with Crippen LogP contribution in [0.2, 0.25) is 0 Å². The number of carbonyl (C=O) groups is 1. The van der Waals surface area contributed by atoms with Crippen molar-refractivity contribution in [2.45, 2.75) is 6.42 Å². The van der Waals surface area contributed by atoms with Gasteiger partial charge in [-0.1, -0.05) is 30.3 Å². The number of benzene rings is 2. The maximum Gasteiger partial charge on any atom is 0.255 e. The molecule has 0 atom stereocenters. The number of hydrogen-bond acceptors (Lipinski definition) is 2. The van der Waals surface area contributed by atoms with Gasteiger partial charge >= 0.3 is 0 Å². The number of nitrogens with one attached hydrogen (secondary N) is 1. The molecule has 0 aromatic heterocycles. The summed E-state index contributed by atoms with van der Waals surface area (Å²) >= 11 is 0. The van der Waals surface area contributed by atoms with E-state index in [1.807, 2.05) is 24.3 Å². The molecular formula is C15H13NO2. The van der Waals surface area contributed by atoms with E-state index in [2.05, 4.69) is 11.2 Å². The molecule has 0 unspecified atom stereocenters. The molecule has 0 spiro atoms. The number of fused-ring (bicyclic) bond motifs is 1. The van der Waals surface area contributed by atoms with Crippen LogP contribution in [0.25, 0.3) is 10.8 Å². The Morgan fingerprint density at radius 1 is 1.28 bits per heavy atom. The van der Waals surface area contributed by atoms with Gasteiger partial charge in [0, 0.05) is 18.4 Å². The average Bonchev–Trinajstić information content (AvgIpc) is 2.39. The summed E-state index contributed by atoms with van der Waals surface area (Å²) in [6.45, 7) is 0.404. The molecule has 3 nitrogen and oxygen atoms in total. The molecule has 3 heteroatoms. The van der Waals surface area contributed by atoms with E-state index in [9.17, 15) is 9.90 Å². The number of carbonyl (C=O) groups excluding carboxylic acids is 1. The molecule has 0 aliphatic carbocycles. The van der Waals surface area contributed by atoms with Crippen LogP contribution >= 0.6 is 0 Å². The molecule has 90 valence electrons. The van der Waals surface area contributed by atoms with Gasteiger partial charge in [0.05, 0.1) is 5.56 Å². The number of rotatable bonds is 3. The number of hydrogen-bond donors (Lipinski definition) is 2. The summed E-state index contributed by atoms with van der Waals surface area (Å²) < 4.78 is 0. The molecule has 0 aliphatic heterocycles. The highest BCUT2D eigenvalue weighted by molar-refractivity contribution is 6.03. The summed E-state index contributed by atoms with van der Waals surface area (Å²) in [7, 11) is 0. The van der Waals surface area contributed by atoms with E-state index in [0.717, 1.165) is 5.39 Å². The summed E-state index contributed by atoms with van der Waals surface area (Å²) in [6, 6.07) is 10.8. The van der Waals surface area contributed by atoms with Crippen molar-refractivity contribution in [1.29, 1.82) is 0 Å². The molecule has 0 radical (unpaired) electrons. The number of terminal acetylenes is 1. The summed E-state index contributed by atoms with van der Waals surface area (Å²) in [4.78, 5) is 11.8. The Morgan fingerprint density at radius 2 is 2.06 bits per heavy atom. The molecule has 0 fully saturated rings. The molecule has 0 saturated carbocycles. The lowest BCUT2D eigenvalue weighted by atomic mass is 10.0. The quantitative estimate of drug-likeness (QED) is 0.637. The number of phenols is 1. The van der Waals surface area contributed by atoms with Gasteiger partial charge in [0.15, 0.2) is 0 Å². The molecule has 0 bridgehead atoms. The van der Waals surface area contributed by atoms with Gasteiger partial charge in [0.2, 0.25) is 0 Å². The highest BCUT2D eigenvalue weighted by Crippen LogP contribution is 2.28. The lowest BCUT2D eigenvalue weighted by molar-refractivity contribution is 0.0952. The van der Waals surface area contributed by atoms with Gasteiger partial charge in [0.25, 0.3) is 5.91 Å². The fourth-order valence-electron chi connectivity index (χ4n) is 1.78. The molecular weight excluding hydrogens is 226 g/mol. The third-order valence-electron chi connectivity index (χ3n) is 2.70. The number of aromatic hydroxyl groups is 1. The SMILES string of the molecule is C#CCCNC(=O)c1ccc2ccccc2c1O. The first-order valence-electron chi connectivity index (χ1n) is 5.66. The lowest BCUT2D eigenvalue weighted by Gasteiger charge is -2.08. The van der Waals surface area contributed by atoms with Crippen LogP contribution in [0, 0.1) is 12.3 Å². The second kappa shape index (κ2) is 5.24. The van der Waals surface area contributed by atoms with Crippen molar-refractivity contribution in [3.8, 4) is 18.1 Å². The summed E-state index contributed by atoms with van der Waals surface area (Å²) in [5.74, 6) is 2.14. The minimum Gasteiger partial charge on any atom is -0.506 e. The van der Waals surface area contributed by atoms with E-state index in [1.165, 1.54) is 0 Å². The van der Waals surface area contributed by atoms with Crippen LogP contribution in [0.4, 0.5) is 0 Å². The van der Waals surface area contributed by atoms with Crippen molar-refractivity contribution in [2.75, 3.05) is 6.54 Å². The van der Waals surface area contributed by atoms with Crippen LogP contribution < -0.4 is 5.32 Å². The van der Waals surface area contributed by atoms with E-state index in [-0.39, 0.29) is 17.2 Å². The second-order valence-corrected chi connectivity index (χ2v) is 3.89. The van der Waals surface area contributed by atoms with E-state index < -0.39 is 0 Å². The Hall–Kier alpha value is -2.47. The van der Waals surface area contributed by atoms with Crippen molar-refractivity contribution >= 4 is 16.7 Å². The molecule has 2 rings (SSSR count). The Balaban J connectivity index is 2.32. The van der Waals surface area contributed by atoms with Gasteiger partial charge in [-0.2, -0.15) is 0 Å². The first kappa shape index (κ1) is 12.0. The maximum atomic E-state index is 11.8. The largest absolute Gasteiger partial charge is 0.506 e. The summed E-state index contributed by atoms with van der Waals surface area (Å²) in [5.41, 5.74) is 0.269. The molecule has 0 aliphatic rings. The van der Waals surface area contributed by atoms with Crippen LogP contribution in [0.3, 0.4) is 0 Å². The van der Waals surface area contributed by atoms with Crippen molar-refractivity contribution < 1.29 is 9.90 Å². The molecule has 2 N–H and O–H groups in total. The van der Waals surface area contributed by atoms with Gasteiger partial charge in [-0.15, -0.1) is 12.3 Å². The van der Waals surface area contributed by atoms with Crippen molar-refractivity contribution in [3.05, 3.63) is 42.0 Å². The van der Waals surface area contributed by atoms with Crippen molar-refractivity contribution in [3.63, 3.8) is 0 Å². The molecule has 2 aromatic rings. The normalized spacial score (nSPS) is 9.94. The van der Waals surface area contributed by atoms with Crippen LogP contribution in [-0.4, -0.2) is 17.6 Å². The first-order valence-corrected chi connectivity index (χ1v) is 5.66. The van der Waals surface area contributed by atoms with E-state index in [1.54, 1.807) is 12.1 Å². The first-order chi connectivity index (χ1) is 8.74. The Labute approximate surface area is 105 Å². The lowest BCUT2D eigenvalue weighted by Crippen LogP contribution is -2.24. The second-order valence-electron chi connectivity index (χ2n) is 3.89. The van der Waals surface area contributed by atoms with Gasteiger partial charge in [-0.25, -0.2) is 0 Å². The Morgan fingerprint density at radius 3 is 2.83 bits per heavy atom. The topological polar surface area (TPSA) is 49.3 Å². The van der Waals surface area contributed by atoms with E-state index in [0.29, 0.717) is 18.4 Å². The average molecular weight is 239 g/mol. The van der Waals surface area contributed by atoms with Gasteiger partial charge < -0.3 is 10.4 Å². The van der Waals surface area contributed by atoms with Gasteiger partial charge in [0.1, 0.15) is 5.75 Å². The molecule has 2 aromatic carbocycles. The maximum absolute atomic E-state index is 11.8. The van der Waals surface area contributed by atoms with Crippen LogP contribution in [0.15, 0.2) is 36.4 Å². The highest BCUT2D eigenvalue weighted by atomic mass is 16.3. The smallest absolute Gasteiger partial charge is 0.255 e. The zero-order chi connectivity index (χ0) is 13.0. The third kappa shape index (κ3) is 2.28. The fourth-order valence-corrected chi connectivity index (χ4v) is 1.78. The fraction of sp³-hybridized carbons (Fsp3) is 0.133. The molecule has 0 saturated heterocycles. The zero-order valence-corrected chi connectivity index (χ0v) is 9.81. The number of amides is 1. The van der Waals surface area contributed by atoms with Crippen molar-refractivity contribution in [2.24, 2.45) is 0 Å². The molecule has 1 amide bonds. The monoisotopic (exact) mass is 239 g/mol. The summed E-state index contributed by atoms with van der Waals surface area (Å²) in [5, 5.41) is 14.3. The predicted octanol–water partition coefficient (Wildman–Crippen LogP) is 2.30. The molecule has 18 heavy (non-hydrogen) atoms. The van der Waals surface area contributed by atoms with Crippen LogP contribution in [-0.2, 0) is 0 Å². The minimum atomic E-state index is -0.312. The third-order valence-corrected chi connectivity index (χ3v) is 2.70. The summed E-state index contributed by atoms with van der Waals surface area (Å²) in [6.07, 6.45) is 5.58. The van der Waals surface area contributed by atoms with E-state index >= 15 is 0 Å². The van der Waals surface area contributed by atoms with E-state index in [4.69, 9.17) is 6.42 Å². The van der Waals surface area contributed by atoms with Gasteiger partial charge in [-0.3, -0.25) is 4.79 Å². The Bertz CT molecular complexity index is 626. The predicted molar refractivity (Wildman–Crippen MR) is 71.4 cm³/mol. The van der Waals surface area contributed by atoms with Crippen LogP contribution in [0.5, 0.6) is 5.75 Å². The van der Waals surface area contributed by atoms with Gasteiger partial charge in [-0.05, 0) is 11.5 Å². The Kier molecular flexibility index (Phi) is 3.49. The number of phenolic OH excluding ortho intramolecular Hbond substituents is 1.